The van der Waals surface area contributed by atoms with Crippen LogP contribution in [0.4, 0.5) is 5.00 Å². The molecule has 0 bridgehead atoms. The maximum atomic E-state index is 5.78. The molecule has 62 valence electrons. The predicted octanol–water partition coefficient (Wildman–Crippen LogP) is 2.77. The number of thiophene rings is 1. The van der Waals surface area contributed by atoms with Crippen LogP contribution in [0.15, 0.2) is 12.1 Å². The van der Waals surface area contributed by atoms with Crippen molar-refractivity contribution in [2.24, 2.45) is 0 Å². The number of hydrogen-bond acceptors (Lipinski definition) is 3. The van der Waals surface area contributed by atoms with E-state index in [4.69, 9.17) is 11.6 Å². The zero-order valence-corrected chi connectivity index (χ0v) is 8.72. The zero-order chi connectivity index (χ0) is 8.27. The third-order valence-electron chi connectivity index (χ3n) is 1.37. The van der Waals surface area contributed by atoms with Gasteiger partial charge in [0.25, 0.3) is 0 Å². The number of anilines is 1. The average Bonchev–Trinajstić information content (AvgIpc) is 2.36. The minimum Gasteiger partial charge on any atom is -0.366 e. The van der Waals surface area contributed by atoms with Crippen molar-refractivity contribution in [2.75, 3.05) is 24.2 Å². The molecule has 0 unspecified atom stereocenters. The molecule has 0 saturated carbocycles. The van der Waals surface area contributed by atoms with E-state index in [2.05, 4.69) is 17.5 Å². The molecule has 0 fully saturated rings. The summed E-state index contributed by atoms with van der Waals surface area (Å²) in [6.07, 6.45) is 0. The van der Waals surface area contributed by atoms with Gasteiger partial charge in [0.15, 0.2) is 0 Å². The summed E-state index contributed by atoms with van der Waals surface area (Å²) in [5, 5.41) is 1.20. The van der Waals surface area contributed by atoms with Crippen LogP contribution in [0.3, 0.4) is 0 Å². The summed E-state index contributed by atoms with van der Waals surface area (Å²) in [6, 6.07) is 3.94. The van der Waals surface area contributed by atoms with Crippen molar-refractivity contribution in [1.29, 1.82) is 0 Å². The van der Waals surface area contributed by atoms with E-state index >= 15 is 0 Å². The molecule has 1 aromatic rings. The Balaban J connectivity index is 2.60. The largest absolute Gasteiger partial charge is 0.366 e. The minimum absolute atomic E-state index is 0.839. The zero-order valence-electron chi connectivity index (χ0n) is 6.25. The molecule has 0 aliphatic rings. The summed E-state index contributed by atoms with van der Waals surface area (Å²) in [7, 11) is 2.04. The number of hydrogen-bond donors (Lipinski definition) is 1. The van der Waals surface area contributed by atoms with Crippen molar-refractivity contribution in [3.63, 3.8) is 0 Å². The molecule has 0 aliphatic heterocycles. The highest BCUT2D eigenvalue weighted by atomic mass is 35.5. The van der Waals surface area contributed by atoms with Crippen LogP contribution < -0.4 is 4.90 Å². The van der Waals surface area contributed by atoms with Gasteiger partial charge in [0.05, 0.1) is 9.34 Å². The highest BCUT2D eigenvalue weighted by Gasteiger charge is 2.01. The van der Waals surface area contributed by atoms with Crippen LogP contribution in [0.25, 0.3) is 0 Å². The van der Waals surface area contributed by atoms with E-state index in [1.807, 2.05) is 19.2 Å². The molecule has 0 atom stereocenters. The first kappa shape index (κ1) is 9.23. The third kappa shape index (κ3) is 2.58. The van der Waals surface area contributed by atoms with Crippen LogP contribution >= 0.6 is 35.6 Å². The lowest BCUT2D eigenvalue weighted by molar-refractivity contribution is 0.994. The fourth-order valence-electron chi connectivity index (χ4n) is 0.770. The number of thiol groups is 1. The third-order valence-corrected chi connectivity index (χ3v) is 2.92. The Morgan fingerprint density at radius 1 is 1.64 bits per heavy atom. The standard InChI is InChI=1S/C7H10ClNS2/c1-9(4-5-10)7-3-2-6(8)11-7/h2-3,10H,4-5H2,1H3. The Morgan fingerprint density at radius 3 is 2.82 bits per heavy atom. The van der Waals surface area contributed by atoms with Crippen LogP contribution in [0.5, 0.6) is 0 Å². The van der Waals surface area contributed by atoms with Gasteiger partial charge in [-0.3, -0.25) is 0 Å². The predicted molar refractivity (Wildman–Crippen MR) is 56.5 cm³/mol. The maximum Gasteiger partial charge on any atom is 0.0950 e. The molecular formula is C7H10ClNS2. The van der Waals surface area contributed by atoms with Crippen LogP contribution in [0.1, 0.15) is 0 Å². The second-order valence-corrected chi connectivity index (χ2v) is 4.36. The molecule has 11 heavy (non-hydrogen) atoms. The fourth-order valence-corrected chi connectivity index (χ4v) is 2.09. The van der Waals surface area contributed by atoms with E-state index in [9.17, 15) is 0 Å². The topological polar surface area (TPSA) is 3.24 Å². The summed E-state index contributed by atoms with van der Waals surface area (Å²) in [6.45, 7) is 0.958. The molecule has 1 nitrogen and oxygen atoms in total. The molecule has 0 aliphatic carbocycles. The van der Waals surface area contributed by atoms with Crippen LogP contribution in [0.2, 0.25) is 4.34 Å². The first-order valence-corrected chi connectivity index (χ1v) is 5.14. The molecule has 0 N–H and O–H groups in total. The SMILES string of the molecule is CN(CCS)c1ccc(Cl)s1. The number of halogens is 1. The van der Waals surface area contributed by atoms with Crippen molar-refractivity contribution in [3.05, 3.63) is 16.5 Å². The van der Waals surface area contributed by atoms with Gasteiger partial charge in [0.1, 0.15) is 0 Å². The van der Waals surface area contributed by atoms with Crippen molar-refractivity contribution < 1.29 is 0 Å². The molecule has 1 aromatic heterocycles. The molecule has 0 spiro atoms. The molecule has 0 aromatic carbocycles. The summed E-state index contributed by atoms with van der Waals surface area (Å²) in [4.78, 5) is 2.14. The first-order chi connectivity index (χ1) is 5.24. The molecular weight excluding hydrogens is 198 g/mol. The Morgan fingerprint density at radius 2 is 2.36 bits per heavy atom. The van der Waals surface area contributed by atoms with Crippen molar-refractivity contribution in [1.82, 2.24) is 0 Å². The van der Waals surface area contributed by atoms with Gasteiger partial charge in [0, 0.05) is 19.3 Å². The van der Waals surface area contributed by atoms with E-state index in [0.29, 0.717) is 0 Å². The van der Waals surface area contributed by atoms with Crippen LogP contribution in [0, 0.1) is 0 Å². The van der Waals surface area contributed by atoms with Gasteiger partial charge in [-0.1, -0.05) is 11.6 Å². The average molecular weight is 208 g/mol. The number of nitrogens with zero attached hydrogens (tertiary/aromatic N) is 1. The maximum absolute atomic E-state index is 5.78. The summed E-state index contributed by atoms with van der Waals surface area (Å²) >= 11 is 11.5. The summed E-state index contributed by atoms with van der Waals surface area (Å²) in [5.41, 5.74) is 0. The van der Waals surface area contributed by atoms with E-state index in [1.54, 1.807) is 11.3 Å². The van der Waals surface area contributed by atoms with Crippen molar-refractivity contribution in [3.8, 4) is 0 Å². The number of rotatable bonds is 3. The van der Waals surface area contributed by atoms with Gasteiger partial charge in [0.2, 0.25) is 0 Å². The smallest absolute Gasteiger partial charge is 0.0950 e. The lowest BCUT2D eigenvalue weighted by Gasteiger charge is -2.14. The van der Waals surface area contributed by atoms with E-state index in [0.717, 1.165) is 16.6 Å². The monoisotopic (exact) mass is 207 g/mol. The minimum atomic E-state index is 0.839. The molecule has 0 amide bonds. The van der Waals surface area contributed by atoms with Gasteiger partial charge in [-0.2, -0.15) is 12.6 Å². The van der Waals surface area contributed by atoms with Crippen LogP contribution in [-0.2, 0) is 0 Å². The van der Waals surface area contributed by atoms with Gasteiger partial charge in [-0.05, 0) is 12.1 Å². The lowest BCUT2D eigenvalue weighted by atomic mass is 10.5. The van der Waals surface area contributed by atoms with Crippen LogP contribution in [-0.4, -0.2) is 19.3 Å². The quantitative estimate of drug-likeness (QED) is 0.747. The van der Waals surface area contributed by atoms with Crippen molar-refractivity contribution in [2.45, 2.75) is 0 Å². The lowest BCUT2D eigenvalue weighted by Crippen LogP contribution is -2.17. The van der Waals surface area contributed by atoms with Gasteiger partial charge in [-0.25, -0.2) is 0 Å². The Bertz CT molecular complexity index is 224. The highest BCUT2D eigenvalue weighted by molar-refractivity contribution is 7.80. The molecule has 1 rings (SSSR count). The van der Waals surface area contributed by atoms with E-state index in [1.165, 1.54) is 5.00 Å². The molecule has 0 saturated heterocycles. The van der Waals surface area contributed by atoms with Crippen molar-refractivity contribution >= 4 is 40.6 Å². The second kappa shape index (κ2) is 4.24. The summed E-state index contributed by atoms with van der Waals surface area (Å²) < 4.78 is 0.839. The summed E-state index contributed by atoms with van der Waals surface area (Å²) in [5.74, 6) is 0.867. The Labute approximate surface area is 81.4 Å². The Kier molecular flexibility index (Phi) is 3.55. The fraction of sp³-hybridized carbons (Fsp3) is 0.429. The first-order valence-electron chi connectivity index (χ1n) is 3.31. The molecule has 0 radical (unpaired) electrons. The normalized spacial score (nSPS) is 10.1. The van der Waals surface area contributed by atoms with Gasteiger partial charge >= 0.3 is 0 Å². The van der Waals surface area contributed by atoms with Gasteiger partial charge in [-0.15, -0.1) is 11.3 Å². The van der Waals surface area contributed by atoms with E-state index in [-0.39, 0.29) is 0 Å². The Hall–Kier alpha value is 0.140. The van der Waals surface area contributed by atoms with E-state index < -0.39 is 0 Å². The van der Waals surface area contributed by atoms with Gasteiger partial charge < -0.3 is 4.90 Å². The molecule has 4 heteroatoms. The highest BCUT2D eigenvalue weighted by Crippen LogP contribution is 2.28. The molecule has 1 heterocycles. The second-order valence-electron chi connectivity index (χ2n) is 2.22.